The van der Waals surface area contributed by atoms with Gasteiger partial charge in [-0.25, -0.2) is 0 Å². The smallest absolute Gasteiger partial charge is 0.267 e. The van der Waals surface area contributed by atoms with Gasteiger partial charge in [0.15, 0.2) is 0 Å². The average molecular weight is 556 g/mol. The van der Waals surface area contributed by atoms with Gasteiger partial charge < -0.3 is 10.4 Å². The van der Waals surface area contributed by atoms with Crippen molar-refractivity contribution in [3.05, 3.63) is 36.5 Å². The molecule has 3 N–H and O–H groups in total. The molecule has 0 spiro atoms. The second-order valence-electron chi connectivity index (χ2n) is 10.4. The second kappa shape index (κ2) is 25.8. The van der Waals surface area contributed by atoms with Gasteiger partial charge in [-0.2, -0.15) is 8.42 Å². The number of carbonyl (C=O) groups excluding carboxylic acids is 1. The molecule has 0 rings (SSSR count). The third-order valence-corrected chi connectivity index (χ3v) is 7.32. The molecular formula is C31H57NO5S. The summed E-state index contributed by atoms with van der Waals surface area (Å²) in [7, 11) is -4.34. The minimum absolute atomic E-state index is 0.277. The van der Waals surface area contributed by atoms with Crippen LogP contribution in [0.2, 0.25) is 0 Å². The van der Waals surface area contributed by atoms with E-state index in [2.05, 4.69) is 43.5 Å². The lowest BCUT2D eigenvalue weighted by atomic mass is 10.1. The Balaban J connectivity index is 4.13. The molecule has 2 atom stereocenters. The highest BCUT2D eigenvalue weighted by atomic mass is 32.2. The van der Waals surface area contributed by atoms with E-state index in [1.54, 1.807) is 6.08 Å². The van der Waals surface area contributed by atoms with E-state index in [0.717, 1.165) is 44.9 Å². The molecule has 6 nitrogen and oxygen atoms in total. The predicted molar refractivity (Wildman–Crippen MR) is 161 cm³/mol. The molecule has 0 radical (unpaired) electrons. The Morgan fingerprint density at radius 1 is 0.684 bits per heavy atom. The molecule has 0 fully saturated rings. The largest absolute Gasteiger partial charge is 0.387 e. The minimum atomic E-state index is -4.34. The lowest BCUT2D eigenvalue weighted by Gasteiger charge is -2.21. The fraction of sp³-hybridized carbons (Fsp3) is 0.774. The van der Waals surface area contributed by atoms with Gasteiger partial charge in [-0.15, -0.1) is 0 Å². The number of carbonyl (C=O) groups is 1. The van der Waals surface area contributed by atoms with Gasteiger partial charge >= 0.3 is 0 Å². The number of aliphatic hydroxyl groups excluding tert-OH is 1. The zero-order valence-corrected chi connectivity index (χ0v) is 25.1. The van der Waals surface area contributed by atoms with Crippen LogP contribution in [0.3, 0.4) is 0 Å². The van der Waals surface area contributed by atoms with Crippen LogP contribution in [0.25, 0.3) is 0 Å². The van der Waals surface area contributed by atoms with E-state index in [4.69, 9.17) is 0 Å². The van der Waals surface area contributed by atoms with Crippen molar-refractivity contribution in [3.8, 4) is 0 Å². The molecular weight excluding hydrogens is 498 g/mol. The van der Waals surface area contributed by atoms with Gasteiger partial charge in [-0.3, -0.25) is 9.35 Å². The van der Waals surface area contributed by atoms with Crippen molar-refractivity contribution in [1.29, 1.82) is 0 Å². The van der Waals surface area contributed by atoms with Gasteiger partial charge in [0, 0.05) is 6.42 Å². The van der Waals surface area contributed by atoms with Crippen molar-refractivity contribution in [2.45, 2.75) is 148 Å². The van der Waals surface area contributed by atoms with Crippen LogP contribution in [0.5, 0.6) is 0 Å². The summed E-state index contributed by atoms with van der Waals surface area (Å²) in [5, 5.41) is 13.0. The molecule has 0 aliphatic rings. The van der Waals surface area contributed by atoms with Gasteiger partial charge in [0.25, 0.3) is 10.1 Å². The first-order chi connectivity index (χ1) is 18.3. The van der Waals surface area contributed by atoms with E-state index in [-0.39, 0.29) is 12.3 Å². The lowest BCUT2D eigenvalue weighted by molar-refractivity contribution is -0.122. The maximum Gasteiger partial charge on any atom is 0.267 e. The molecule has 38 heavy (non-hydrogen) atoms. The quantitative estimate of drug-likeness (QED) is 0.0573. The van der Waals surface area contributed by atoms with Gasteiger partial charge in [0.1, 0.15) is 0 Å². The third kappa shape index (κ3) is 26.2. The molecule has 0 saturated carbocycles. The van der Waals surface area contributed by atoms with E-state index < -0.39 is 28.0 Å². The normalized spacial score (nSPS) is 14.1. The highest BCUT2D eigenvalue weighted by molar-refractivity contribution is 7.85. The maximum absolute atomic E-state index is 12.3. The van der Waals surface area contributed by atoms with Gasteiger partial charge in [-0.05, 0) is 57.8 Å². The molecule has 2 unspecified atom stereocenters. The van der Waals surface area contributed by atoms with Crippen LogP contribution in [-0.2, 0) is 14.9 Å². The topological polar surface area (TPSA) is 104 Å². The Hall–Kier alpha value is -1.44. The number of rotatable bonds is 26. The summed E-state index contributed by atoms with van der Waals surface area (Å²) in [6.07, 6.45) is 31.3. The van der Waals surface area contributed by atoms with E-state index in [0.29, 0.717) is 12.8 Å². The monoisotopic (exact) mass is 555 g/mol. The van der Waals surface area contributed by atoms with Crippen molar-refractivity contribution < 1.29 is 22.9 Å². The molecule has 7 heteroatoms. The Morgan fingerprint density at radius 2 is 1.13 bits per heavy atom. The summed E-state index contributed by atoms with van der Waals surface area (Å²) in [6, 6.07) is -1.07. The van der Waals surface area contributed by atoms with Crippen LogP contribution in [0.15, 0.2) is 36.5 Å². The van der Waals surface area contributed by atoms with E-state index in [1.807, 2.05) is 0 Å². The van der Waals surface area contributed by atoms with Crippen LogP contribution < -0.4 is 5.32 Å². The molecule has 0 aromatic rings. The molecule has 0 aromatic heterocycles. The maximum atomic E-state index is 12.3. The predicted octanol–water partition coefficient (Wildman–Crippen LogP) is 7.84. The number of aliphatic hydroxyl groups is 1. The molecule has 222 valence electrons. The fourth-order valence-electron chi connectivity index (χ4n) is 4.22. The number of unbranched alkanes of at least 4 members (excludes halogenated alkanes) is 14. The Morgan fingerprint density at radius 3 is 1.71 bits per heavy atom. The average Bonchev–Trinajstić information content (AvgIpc) is 2.86. The molecule has 0 aliphatic carbocycles. The van der Waals surface area contributed by atoms with Gasteiger partial charge in [0.2, 0.25) is 5.91 Å². The van der Waals surface area contributed by atoms with E-state index in [9.17, 15) is 22.9 Å². The first kappa shape index (κ1) is 36.6. The fourth-order valence-corrected chi connectivity index (χ4v) is 4.96. The van der Waals surface area contributed by atoms with Crippen molar-refractivity contribution >= 4 is 16.0 Å². The number of hydrogen-bond donors (Lipinski definition) is 3. The SMILES string of the molecule is CCCCC/C=C/CC/C=C/C(O)C(CS(=O)(=O)O)NC(=O)CCCCCCC/C=C\CCCCCCC. The molecule has 0 saturated heterocycles. The van der Waals surface area contributed by atoms with Crippen LogP contribution in [0.4, 0.5) is 0 Å². The number of nitrogens with one attached hydrogen (secondary N) is 1. The zero-order valence-electron chi connectivity index (χ0n) is 24.3. The third-order valence-electron chi connectivity index (χ3n) is 6.54. The first-order valence-corrected chi connectivity index (χ1v) is 16.8. The van der Waals surface area contributed by atoms with Gasteiger partial charge in [0.05, 0.1) is 17.9 Å². The van der Waals surface area contributed by atoms with E-state index in [1.165, 1.54) is 63.9 Å². The summed E-state index contributed by atoms with van der Waals surface area (Å²) >= 11 is 0. The van der Waals surface area contributed by atoms with Crippen molar-refractivity contribution in [2.24, 2.45) is 0 Å². The molecule has 0 heterocycles. The van der Waals surface area contributed by atoms with Crippen LogP contribution >= 0.6 is 0 Å². The molecule has 1 amide bonds. The Bertz CT molecular complexity index is 745. The van der Waals surface area contributed by atoms with Crippen molar-refractivity contribution in [1.82, 2.24) is 5.32 Å². The summed E-state index contributed by atoms with van der Waals surface area (Å²) in [6.45, 7) is 4.41. The highest BCUT2D eigenvalue weighted by Crippen LogP contribution is 2.10. The number of amides is 1. The zero-order chi connectivity index (χ0) is 28.3. The van der Waals surface area contributed by atoms with Crippen LogP contribution in [-0.4, -0.2) is 41.9 Å². The van der Waals surface area contributed by atoms with Gasteiger partial charge in [-0.1, -0.05) is 108 Å². The standard InChI is InChI=1S/C31H57NO5S/c1-3-5-7-9-11-13-14-15-16-17-19-21-23-25-27-31(34)32-29(28-38(35,36)37)30(33)26-24-22-20-18-12-10-8-6-4-2/h12,14-15,18,24,26,29-30,33H,3-11,13,16-17,19-23,25,27-28H2,1-2H3,(H,32,34)(H,35,36,37)/b15-14-,18-12+,26-24+. The summed E-state index contributed by atoms with van der Waals surface area (Å²) in [5.74, 6) is -1.02. The summed E-state index contributed by atoms with van der Waals surface area (Å²) in [4.78, 5) is 12.3. The van der Waals surface area contributed by atoms with Crippen molar-refractivity contribution in [2.75, 3.05) is 5.75 Å². The second-order valence-corrected chi connectivity index (χ2v) is 11.9. The van der Waals surface area contributed by atoms with Crippen molar-refractivity contribution in [3.63, 3.8) is 0 Å². The molecule has 0 bridgehead atoms. The van der Waals surface area contributed by atoms with Crippen LogP contribution in [0.1, 0.15) is 136 Å². The first-order valence-electron chi connectivity index (χ1n) is 15.2. The number of allylic oxidation sites excluding steroid dienone is 5. The Kier molecular flexibility index (Phi) is 24.8. The minimum Gasteiger partial charge on any atom is -0.387 e. The number of hydrogen-bond acceptors (Lipinski definition) is 4. The Labute approximate surface area is 234 Å². The highest BCUT2D eigenvalue weighted by Gasteiger charge is 2.24. The van der Waals surface area contributed by atoms with E-state index >= 15 is 0 Å². The molecule has 0 aromatic carbocycles. The lowest BCUT2D eigenvalue weighted by Crippen LogP contribution is -2.46. The summed E-state index contributed by atoms with van der Waals surface area (Å²) in [5.41, 5.74) is 0. The molecule has 0 aliphatic heterocycles. The van der Waals surface area contributed by atoms with Crippen LogP contribution in [0, 0.1) is 0 Å². The summed E-state index contributed by atoms with van der Waals surface area (Å²) < 4.78 is 32.1.